The molecule has 116 valence electrons. The van der Waals surface area contributed by atoms with Crippen LogP contribution < -0.4 is 0 Å². The van der Waals surface area contributed by atoms with Gasteiger partial charge in [-0.1, -0.05) is 0 Å². The lowest BCUT2D eigenvalue weighted by atomic mass is 9.98. The van der Waals surface area contributed by atoms with Gasteiger partial charge in [-0.2, -0.15) is 0 Å². The Morgan fingerprint density at radius 2 is 1.95 bits per heavy atom. The molecule has 0 radical (unpaired) electrons. The summed E-state index contributed by atoms with van der Waals surface area (Å²) in [6, 6.07) is 0. The molecule has 0 N–H and O–H groups in total. The highest BCUT2D eigenvalue weighted by molar-refractivity contribution is 5.69. The van der Waals surface area contributed by atoms with Crippen LogP contribution in [0.25, 0.3) is 0 Å². The number of allylic oxidation sites excluding steroid dienone is 1. The summed E-state index contributed by atoms with van der Waals surface area (Å²) in [7, 11) is 0. The fraction of sp³-hybridized carbons (Fsp3) is 0.643. The van der Waals surface area contributed by atoms with E-state index in [0.29, 0.717) is 19.3 Å². The first-order valence-corrected chi connectivity index (χ1v) is 6.81. The number of carbonyl (C=O) groups excluding carboxylic acids is 3. The Morgan fingerprint density at radius 3 is 2.48 bits per heavy atom. The quantitative estimate of drug-likeness (QED) is 0.434. The molecule has 0 amide bonds. The van der Waals surface area contributed by atoms with Gasteiger partial charge < -0.3 is 18.9 Å². The van der Waals surface area contributed by atoms with E-state index in [4.69, 9.17) is 18.9 Å². The van der Waals surface area contributed by atoms with Gasteiger partial charge in [-0.15, -0.1) is 0 Å². The predicted molar refractivity (Wildman–Crippen MR) is 68.9 cm³/mol. The van der Waals surface area contributed by atoms with Gasteiger partial charge in [0.25, 0.3) is 5.79 Å². The third-order valence-electron chi connectivity index (χ3n) is 3.36. The molecule has 0 aromatic heterocycles. The highest BCUT2D eigenvalue weighted by Gasteiger charge is 2.59. The molecule has 2 rings (SSSR count). The van der Waals surface area contributed by atoms with Gasteiger partial charge in [0.05, 0.1) is 6.61 Å². The molecule has 3 atom stereocenters. The molecule has 0 aromatic carbocycles. The maximum atomic E-state index is 11.4. The standard InChI is InChI=1S/C14H18O7/c1-9(16)19-12-11(5-7-15)21-14(6-3-4-8-18-14)13(12)20-10(2)17/h5,7,12-13H,3-4,6,8H2,1-2H3/b11-5-/t12-,13+,14-/m0/s1. The summed E-state index contributed by atoms with van der Waals surface area (Å²) in [4.78, 5) is 33.4. The summed E-state index contributed by atoms with van der Waals surface area (Å²) in [5.41, 5.74) is 0. The Morgan fingerprint density at radius 1 is 1.24 bits per heavy atom. The number of ether oxygens (including phenoxy) is 4. The van der Waals surface area contributed by atoms with E-state index in [9.17, 15) is 14.4 Å². The number of carbonyl (C=O) groups is 3. The summed E-state index contributed by atoms with van der Waals surface area (Å²) < 4.78 is 21.8. The zero-order chi connectivity index (χ0) is 15.5. The van der Waals surface area contributed by atoms with Crippen LogP contribution in [0.15, 0.2) is 11.8 Å². The number of rotatable bonds is 3. The molecule has 0 saturated carbocycles. The van der Waals surface area contributed by atoms with Crippen LogP contribution in [-0.4, -0.2) is 42.8 Å². The lowest BCUT2D eigenvalue weighted by Gasteiger charge is -2.36. The van der Waals surface area contributed by atoms with Gasteiger partial charge in [-0.3, -0.25) is 14.4 Å². The minimum absolute atomic E-state index is 0.133. The van der Waals surface area contributed by atoms with Crippen molar-refractivity contribution in [3.8, 4) is 0 Å². The van der Waals surface area contributed by atoms with E-state index in [0.717, 1.165) is 18.9 Å². The largest absolute Gasteiger partial charge is 0.458 e. The summed E-state index contributed by atoms with van der Waals surface area (Å²) in [6.45, 7) is 2.93. The second-order valence-corrected chi connectivity index (χ2v) is 4.98. The van der Waals surface area contributed by atoms with Crippen molar-refractivity contribution >= 4 is 18.2 Å². The summed E-state index contributed by atoms with van der Waals surface area (Å²) in [5, 5.41) is 0. The molecule has 21 heavy (non-hydrogen) atoms. The first kappa shape index (κ1) is 15.5. The van der Waals surface area contributed by atoms with Gasteiger partial charge >= 0.3 is 11.9 Å². The van der Waals surface area contributed by atoms with Crippen molar-refractivity contribution in [2.24, 2.45) is 0 Å². The molecule has 2 aliphatic rings. The number of aldehydes is 1. The van der Waals surface area contributed by atoms with Crippen molar-refractivity contribution in [2.75, 3.05) is 6.61 Å². The van der Waals surface area contributed by atoms with Crippen molar-refractivity contribution in [1.29, 1.82) is 0 Å². The van der Waals surface area contributed by atoms with E-state index < -0.39 is 29.9 Å². The Bertz CT molecular complexity index is 462. The second kappa shape index (κ2) is 6.26. The number of esters is 2. The molecule has 0 aromatic rings. The third kappa shape index (κ3) is 3.24. The Hall–Kier alpha value is -1.89. The maximum absolute atomic E-state index is 11.4. The predicted octanol–water partition coefficient (Wildman–Crippen LogP) is 0.860. The van der Waals surface area contributed by atoms with Gasteiger partial charge in [0.15, 0.2) is 0 Å². The van der Waals surface area contributed by atoms with E-state index in [1.54, 1.807) is 0 Å². The molecule has 2 saturated heterocycles. The van der Waals surface area contributed by atoms with E-state index >= 15 is 0 Å². The summed E-state index contributed by atoms with van der Waals surface area (Å²) >= 11 is 0. The maximum Gasteiger partial charge on any atom is 0.303 e. The van der Waals surface area contributed by atoms with Crippen LogP contribution in [0.4, 0.5) is 0 Å². The topological polar surface area (TPSA) is 88.1 Å². The molecular formula is C14H18O7. The molecule has 0 aliphatic carbocycles. The van der Waals surface area contributed by atoms with Gasteiger partial charge in [-0.25, -0.2) is 0 Å². The van der Waals surface area contributed by atoms with Crippen LogP contribution in [0, 0.1) is 0 Å². The molecule has 7 nitrogen and oxygen atoms in total. The fourth-order valence-corrected chi connectivity index (χ4v) is 2.62. The SMILES string of the molecule is CC(=O)O[C@@H]1[C@@H](OC(C)=O)/C(=C/C=O)O[C@@]12CCCCO2. The normalized spacial score (nSPS) is 33.5. The van der Waals surface area contributed by atoms with E-state index in [1.807, 2.05) is 0 Å². The summed E-state index contributed by atoms with van der Waals surface area (Å²) in [6.07, 6.45) is 1.94. The molecule has 7 heteroatoms. The molecule has 2 fully saturated rings. The first-order chi connectivity index (χ1) is 9.98. The van der Waals surface area contributed by atoms with Crippen LogP contribution >= 0.6 is 0 Å². The molecule has 0 unspecified atom stereocenters. The summed E-state index contributed by atoms with van der Waals surface area (Å²) in [5.74, 6) is -2.17. The fourth-order valence-electron chi connectivity index (χ4n) is 2.62. The van der Waals surface area contributed by atoms with Gasteiger partial charge in [-0.05, 0) is 12.8 Å². The molecule has 2 aliphatic heterocycles. The molecule has 2 heterocycles. The van der Waals surface area contributed by atoms with Crippen LogP contribution in [-0.2, 0) is 33.3 Å². The van der Waals surface area contributed by atoms with Crippen molar-refractivity contribution in [2.45, 2.75) is 51.1 Å². The first-order valence-electron chi connectivity index (χ1n) is 6.81. The van der Waals surface area contributed by atoms with Crippen LogP contribution in [0.2, 0.25) is 0 Å². The average molecular weight is 298 g/mol. The monoisotopic (exact) mass is 298 g/mol. The van der Waals surface area contributed by atoms with Crippen LogP contribution in [0.1, 0.15) is 33.1 Å². The van der Waals surface area contributed by atoms with Crippen molar-refractivity contribution < 1.29 is 33.3 Å². The molecular weight excluding hydrogens is 280 g/mol. The van der Waals surface area contributed by atoms with Gasteiger partial charge in [0.2, 0.25) is 12.2 Å². The zero-order valence-corrected chi connectivity index (χ0v) is 12.0. The van der Waals surface area contributed by atoms with Crippen LogP contribution in [0.5, 0.6) is 0 Å². The molecule has 0 bridgehead atoms. The Kier molecular flexibility index (Phi) is 4.62. The lowest BCUT2D eigenvalue weighted by Crippen LogP contribution is -2.50. The van der Waals surface area contributed by atoms with Crippen LogP contribution in [0.3, 0.4) is 0 Å². The minimum atomic E-state index is -1.20. The van der Waals surface area contributed by atoms with Crippen molar-refractivity contribution in [3.63, 3.8) is 0 Å². The third-order valence-corrected chi connectivity index (χ3v) is 3.36. The van der Waals surface area contributed by atoms with E-state index in [2.05, 4.69) is 0 Å². The minimum Gasteiger partial charge on any atom is -0.458 e. The lowest BCUT2D eigenvalue weighted by molar-refractivity contribution is -0.263. The van der Waals surface area contributed by atoms with Gasteiger partial charge in [0.1, 0.15) is 12.0 Å². The highest BCUT2D eigenvalue weighted by Crippen LogP contribution is 2.43. The van der Waals surface area contributed by atoms with Gasteiger partial charge in [0, 0.05) is 26.3 Å². The Balaban J connectivity index is 2.36. The smallest absolute Gasteiger partial charge is 0.303 e. The molecule has 1 spiro atoms. The van der Waals surface area contributed by atoms with E-state index in [-0.39, 0.29) is 5.76 Å². The van der Waals surface area contributed by atoms with Crippen molar-refractivity contribution in [3.05, 3.63) is 11.8 Å². The highest BCUT2D eigenvalue weighted by atomic mass is 16.7. The number of hydrogen-bond acceptors (Lipinski definition) is 7. The van der Waals surface area contributed by atoms with Crippen molar-refractivity contribution in [1.82, 2.24) is 0 Å². The van der Waals surface area contributed by atoms with E-state index in [1.165, 1.54) is 13.8 Å². The average Bonchev–Trinajstić information content (AvgIpc) is 2.65. The zero-order valence-electron chi connectivity index (χ0n) is 12.0. The second-order valence-electron chi connectivity index (χ2n) is 4.98. The Labute approximate surface area is 122 Å². The number of hydrogen-bond donors (Lipinski definition) is 0.